The summed E-state index contributed by atoms with van der Waals surface area (Å²) in [6.07, 6.45) is -0.708. The first-order chi connectivity index (χ1) is 6.85. The van der Waals surface area contributed by atoms with Crippen molar-refractivity contribution in [2.24, 2.45) is 5.41 Å². The molecule has 1 unspecified atom stereocenters. The van der Waals surface area contributed by atoms with E-state index in [9.17, 15) is 14.7 Å². The molecule has 5 nitrogen and oxygen atoms in total. The molecule has 0 heterocycles. The van der Waals surface area contributed by atoms with Gasteiger partial charge in [0.2, 0.25) is 0 Å². The molecular weight excluding hydrogens is 200 g/mol. The fourth-order valence-electron chi connectivity index (χ4n) is 1.09. The Bertz CT molecular complexity index is 234. The highest BCUT2D eigenvalue weighted by Gasteiger charge is 2.34. The zero-order valence-electron chi connectivity index (χ0n) is 9.57. The van der Waals surface area contributed by atoms with Crippen LogP contribution in [0.3, 0.4) is 0 Å². The van der Waals surface area contributed by atoms with Crippen LogP contribution in [0.5, 0.6) is 0 Å². The molecule has 0 aliphatic heterocycles. The molecule has 0 amide bonds. The Labute approximate surface area is 89.4 Å². The predicted molar refractivity (Wildman–Crippen MR) is 53.1 cm³/mol. The Kier molecular flexibility index (Phi) is 5.28. The lowest BCUT2D eigenvalue weighted by atomic mass is 9.82. The molecule has 0 aliphatic rings. The molecule has 88 valence electrons. The van der Waals surface area contributed by atoms with E-state index < -0.39 is 17.5 Å². The van der Waals surface area contributed by atoms with Gasteiger partial charge in [0.25, 0.3) is 0 Å². The molecule has 5 heteroatoms. The van der Waals surface area contributed by atoms with Crippen molar-refractivity contribution in [2.45, 2.75) is 32.8 Å². The number of hydrogen-bond donors (Lipinski definition) is 1. The maximum absolute atomic E-state index is 11.1. The van der Waals surface area contributed by atoms with Crippen molar-refractivity contribution in [1.82, 2.24) is 0 Å². The Balaban J connectivity index is 4.28. The van der Waals surface area contributed by atoms with Crippen molar-refractivity contribution in [1.29, 1.82) is 0 Å². The summed E-state index contributed by atoms with van der Waals surface area (Å²) in [6, 6.07) is 0. The van der Waals surface area contributed by atoms with Gasteiger partial charge in [-0.3, -0.25) is 4.79 Å². The first-order valence-corrected chi connectivity index (χ1v) is 4.68. The fraction of sp³-hybridized carbons (Fsp3) is 0.800. The number of esters is 2. The van der Waals surface area contributed by atoms with Crippen LogP contribution in [-0.2, 0) is 19.1 Å². The van der Waals surface area contributed by atoms with Crippen LogP contribution in [0.15, 0.2) is 0 Å². The van der Waals surface area contributed by atoms with E-state index >= 15 is 0 Å². The molecule has 0 spiro atoms. The quantitative estimate of drug-likeness (QED) is 0.680. The topological polar surface area (TPSA) is 72.8 Å². The van der Waals surface area contributed by atoms with Crippen molar-refractivity contribution in [3.05, 3.63) is 0 Å². The molecule has 0 aliphatic carbocycles. The van der Waals surface area contributed by atoms with Crippen LogP contribution >= 0.6 is 0 Å². The molecular formula is C10H18O5. The third-order valence-electron chi connectivity index (χ3n) is 2.37. The Morgan fingerprint density at radius 1 is 1.27 bits per heavy atom. The summed E-state index contributed by atoms with van der Waals surface area (Å²) in [5.74, 6) is -1.05. The van der Waals surface area contributed by atoms with E-state index in [1.807, 2.05) is 0 Å². The lowest BCUT2D eigenvalue weighted by Gasteiger charge is -2.27. The molecule has 0 fully saturated rings. The monoisotopic (exact) mass is 218 g/mol. The van der Waals surface area contributed by atoms with Crippen LogP contribution in [0.1, 0.15) is 26.7 Å². The third-order valence-corrected chi connectivity index (χ3v) is 2.37. The predicted octanol–water partition coefficient (Wildman–Crippen LogP) is 0.500. The second-order valence-electron chi connectivity index (χ2n) is 3.99. The first-order valence-electron chi connectivity index (χ1n) is 4.68. The molecule has 0 saturated heterocycles. The minimum atomic E-state index is -1.23. The summed E-state index contributed by atoms with van der Waals surface area (Å²) >= 11 is 0. The van der Waals surface area contributed by atoms with E-state index in [1.165, 1.54) is 14.2 Å². The highest BCUT2D eigenvalue weighted by molar-refractivity contribution is 5.75. The second-order valence-corrected chi connectivity index (χ2v) is 3.99. The molecule has 0 rings (SSSR count). The van der Waals surface area contributed by atoms with Gasteiger partial charge in [-0.25, -0.2) is 4.79 Å². The summed E-state index contributed by atoms with van der Waals surface area (Å²) in [4.78, 5) is 22.0. The first kappa shape index (κ1) is 13.9. The molecule has 0 aromatic heterocycles. The largest absolute Gasteiger partial charge is 0.469 e. The van der Waals surface area contributed by atoms with Crippen molar-refractivity contribution in [3.63, 3.8) is 0 Å². The van der Waals surface area contributed by atoms with Crippen LogP contribution in [0.4, 0.5) is 0 Å². The summed E-state index contributed by atoms with van der Waals surface area (Å²) in [7, 11) is 2.51. The number of carbonyl (C=O) groups excluding carboxylic acids is 2. The number of aliphatic hydroxyl groups is 1. The van der Waals surface area contributed by atoms with Crippen molar-refractivity contribution in [2.75, 3.05) is 14.2 Å². The van der Waals surface area contributed by atoms with E-state index in [1.54, 1.807) is 13.8 Å². The highest BCUT2D eigenvalue weighted by Crippen LogP contribution is 2.27. The second kappa shape index (κ2) is 5.70. The number of aliphatic hydroxyl groups excluding tert-OH is 1. The smallest absolute Gasteiger partial charge is 0.335 e. The fourth-order valence-corrected chi connectivity index (χ4v) is 1.09. The van der Waals surface area contributed by atoms with Gasteiger partial charge in [-0.2, -0.15) is 0 Å². The van der Waals surface area contributed by atoms with Crippen LogP contribution in [0.25, 0.3) is 0 Å². The maximum atomic E-state index is 11.1. The van der Waals surface area contributed by atoms with Gasteiger partial charge in [0.1, 0.15) is 0 Å². The van der Waals surface area contributed by atoms with Gasteiger partial charge in [-0.1, -0.05) is 13.8 Å². The van der Waals surface area contributed by atoms with E-state index in [0.29, 0.717) is 6.42 Å². The number of ether oxygens (including phenoxy) is 2. The maximum Gasteiger partial charge on any atom is 0.335 e. The SMILES string of the molecule is COC(=O)CCC(C)(C)C(O)C(=O)OC. The van der Waals surface area contributed by atoms with Gasteiger partial charge in [0.15, 0.2) is 6.10 Å². The third kappa shape index (κ3) is 4.29. The Morgan fingerprint density at radius 2 is 1.80 bits per heavy atom. The molecule has 0 bridgehead atoms. The molecule has 0 aromatic rings. The van der Waals surface area contributed by atoms with Crippen LogP contribution < -0.4 is 0 Å². The number of rotatable bonds is 5. The van der Waals surface area contributed by atoms with E-state index in [-0.39, 0.29) is 12.4 Å². The molecule has 1 atom stereocenters. The van der Waals surface area contributed by atoms with E-state index in [2.05, 4.69) is 9.47 Å². The van der Waals surface area contributed by atoms with Crippen molar-refractivity contribution in [3.8, 4) is 0 Å². The number of hydrogen-bond acceptors (Lipinski definition) is 5. The molecule has 0 radical (unpaired) electrons. The lowest BCUT2D eigenvalue weighted by Crippen LogP contribution is -2.37. The summed E-state index contributed by atoms with van der Waals surface area (Å²) < 4.78 is 8.90. The average molecular weight is 218 g/mol. The van der Waals surface area contributed by atoms with Gasteiger partial charge in [-0.15, -0.1) is 0 Å². The van der Waals surface area contributed by atoms with Crippen LogP contribution in [0, 0.1) is 5.41 Å². The van der Waals surface area contributed by atoms with Gasteiger partial charge in [0.05, 0.1) is 14.2 Å². The molecule has 15 heavy (non-hydrogen) atoms. The van der Waals surface area contributed by atoms with Crippen molar-refractivity contribution >= 4 is 11.9 Å². The summed E-state index contributed by atoms with van der Waals surface area (Å²) in [5.41, 5.74) is -0.707. The van der Waals surface area contributed by atoms with Gasteiger partial charge in [-0.05, 0) is 6.42 Å². The van der Waals surface area contributed by atoms with Crippen molar-refractivity contribution < 1.29 is 24.2 Å². The van der Waals surface area contributed by atoms with Crippen LogP contribution in [-0.4, -0.2) is 37.4 Å². The molecule has 0 aromatic carbocycles. The Hall–Kier alpha value is -1.10. The lowest BCUT2D eigenvalue weighted by molar-refractivity contribution is -0.158. The summed E-state index contributed by atoms with van der Waals surface area (Å²) in [6.45, 7) is 3.38. The standard InChI is InChI=1S/C10H18O5/c1-10(2,6-5-7(11)14-3)8(12)9(13)15-4/h8,12H,5-6H2,1-4H3. The van der Waals surface area contributed by atoms with Gasteiger partial charge in [0, 0.05) is 11.8 Å². The van der Waals surface area contributed by atoms with Gasteiger partial charge < -0.3 is 14.6 Å². The summed E-state index contributed by atoms with van der Waals surface area (Å²) in [5, 5.41) is 9.60. The molecule has 1 N–H and O–H groups in total. The Morgan fingerprint density at radius 3 is 2.20 bits per heavy atom. The molecule has 0 saturated carbocycles. The average Bonchev–Trinajstić information content (AvgIpc) is 2.23. The minimum Gasteiger partial charge on any atom is -0.469 e. The van der Waals surface area contributed by atoms with E-state index in [4.69, 9.17) is 0 Å². The highest BCUT2D eigenvalue weighted by atomic mass is 16.5. The zero-order valence-corrected chi connectivity index (χ0v) is 9.57. The minimum absolute atomic E-state index is 0.164. The van der Waals surface area contributed by atoms with Crippen LogP contribution in [0.2, 0.25) is 0 Å². The number of methoxy groups -OCH3 is 2. The zero-order chi connectivity index (χ0) is 12.1. The normalized spacial score (nSPS) is 13.1. The van der Waals surface area contributed by atoms with E-state index in [0.717, 1.165) is 0 Å². The van der Waals surface area contributed by atoms with Gasteiger partial charge >= 0.3 is 11.9 Å². The number of carbonyl (C=O) groups is 2.